The van der Waals surface area contributed by atoms with Gasteiger partial charge in [0.2, 0.25) is 23.6 Å². The highest BCUT2D eigenvalue weighted by atomic mass is 16.5. The summed E-state index contributed by atoms with van der Waals surface area (Å²) in [5.41, 5.74) is 12.0. The highest BCUT2D eigenvalue weighted by Crippen LogP contribution is 2.21. The number of hydrogen-bond acceptors (Lipinski definition) is 18. The summed E-state index contributed by atoms with van der Waals surface area (Å²) in [4.78, 5) is 127. The number of rotatable bonds is 64. The topological polar surface area (TPSA) is 396 Å². The van der Waals surface area contributed by atoms with Gasteiger partial charge < -0.3 is 67.0 Å². The summed E-state index contributed by atoms with van der Waals surface area (Å²) < 4.78 is 21.8. The number of carboxylic acids is 2. The molecule has 0 fully saturated rings. The van der Waals surface area contributed by atoms with Crippen molar-refractivity contribution in [3.63, 3.8) is 0 Å². The SMILES string of the molecule is CC(C)CC(=O)CN[C@@H](CCCCNC(=O)COCCOCCCC(=O)COCCOCCNC(=O)CC[C@H](NC(=O)CCCCCCCCCCCCCCCCC(=O)O)C(=O)O)C(=O)CN(C)[C@@H](CCCCC(=N)N)C(=O)C[C@@H](Cc1ccc(O)cc1)C(N)=O. The van der Waals surface area contributed by atoms with E-state index in [0.717, 1.165) is 56.9 Å². The zero-order chi connectivity index (χ0) is 68.2. The van der Waals surface area contributed by atoms with Crippen molar-refractivity contribution in [1.29, 1.82) is 5.41 Å². The van der Waals surface area contributed by atoms with Gasteiger partial charge in [-0.3, -0.25) is 53.5 Å². The molecule has 0 unspecified atom stereocenters. The zero-order valence-corrected chi connectivity index (χ0v) is 55.6. The third-order valence-electron chi connectivity index (χ3n) is 15.5. The third-order valence-corrected chi connectivity index (χ3v) is 15.5. The number of nitrogens with one attached hydrogen (secondary N) is 5. The molecule has 4 amide bonds. The number of unbranched alkanes of at least 4 members (excludes halogenated alkanes) is 15. The molecule has 1 rings (SSSR count). The number of phenols is 1. The van der Waals surface area contributed by atoms with Crippen LogP contribution in [-0.2, 0) is 73.3 Å². The van der Waals surface area contributed by atoms with Gasteiger partial charge in [-0.2, -0.15) is 0 Å². The van der Waals surface area contributed by atoms with Gasteiger partial charge in [-0.1, -0.05) is 109 Å². The van der Waals surface area contributed by atoms with Crippen molar-refractivity contribution in [2.75, 3.05) is 86.1 Å². The number of Topliss-reactive ketones (excluding diaryl/α,β-unsaturated/α-hetero) is 4. The average molecular weight is 1300 g/mol. The van der Waals surface area contributed by atoms with Crippen LogP contribution in [0.3, 0.4) is 0 Å². The molecule has 92 heavy (non-hydrogen) atoms. The molecule has 1 aromatic rings. The van der Waals surface area contributed by atoms with Gasteiger partial charge in [-0.15, -0.1) is 0 Å². The van der Waals surface area contributed by atoms with Crippen molar-refractivity contribution in [3.05, 3.63) is 29.8 Å². The van der Waals surface area contributed by atoms with Crippen molar-refractivity contribution in [3.8, 4) is 5.75 Å². The molecule has 12 N–H and O–H groups in total. The van der Waals surface area contributed by atoms with Gasteiger partial charge in [0, 0.05) is 70.6 Å². The predicted octanol–water partition coefficient (Wildman–Crippen LogP) is 6.43. The predicted molar refractivity (Wildman–Crippen MR) is 350 cm³/mol. The average Bonchev–Trinajstić information content (AvgIpc) is 1.06. The minimum Gasteiger partial charge on any atom is -0.508 e. The Kier molecular flexibility index (Phi) is 49.3. The van der Waals surface area contributed by atoms with Crippen LogP contribution >= 0.6 is 0 Å². The lowest BCUT2D eigenvalue weighted by atomic mass is 9.89. The largest absolute Gasteiger partial charge is 0.508 e. The molecule has 0 bridgehead atoms. The summed E-state index contributed by atoms with van der Waals surface area (Å²) >= 11 is 0. The first kappa shape index (κ1) is 83.8. The molecule has 0 aliphatic heterocycles. The number of aromatic hydroxyl groups is 1. The fourth-order valence-corrected chi connectivity index (χ4v) is 10.3. The lowest BCUT2D eigenvalue weighted by Crippen LogP contribution is -2.48. The number of ether oxygens (including phenoxy) is 4. The molecule has 1 aromatic carbocycles. The maximum absolute atomic E-state index is 14.0. The molecule has 25 nitrogen and oxygen atoms in total. The number of amidine groups is 1. The van der Waals surface area contributed by atoms with E-state index in [9.17, 15) is 58.2 Å². The van der Waals surface area contributed by atoms with E-state index in [1.807, 2.05) is 13.8 Å². The first-order valence-corrected chi connectivity index (χ1v) is 33.6. The number of primary amides is 1. The second-order valence-electron chi connectivity index (χ2n) is 24.4. The van der Waals surface area contributed by atoms with Crippen LogP contribution in [0.4, 0.5) is 0 Å². The van der Waals surface area contributed by atoms with Crippen LogP contribution in [0.25, 0.3) is 0 Å². The molecular weight excluding hydrogens is 1190 g/mol. The fourth-order valence-electron chi connectivity index (χ4n) is 10.3. The van der Waals surface area contributed by atoms with Crippen LogP contribution in [0, 0.1) is 17.2 Å². The number of carbonyl (C=O) groups is 10. The number of carboxylic acid groups (broad SMARTS) is 2. The molecular formula is C67H114N8O17. The smallest absolute Gasteiger partial charge is 0.326 e. The van der Waals surface area contributed by atoms with Crippen LogP contribution in [0.1, 0.15) is 206 Å². The highest BCUT2D eigenvalue weighted by Gasteiger charge is 2.31. The van der Waals surface area contributed by atoms with E-state index >= 15 is 0 Å². The highest BCUT2D eigenvalue weighted by molar-refractivity contribution is 5.91. The van der Waals surface area contributed by atoms with Crippen molar-refractivity contribution in [1.82, 2.24) is 26.2 Å². The normalized spacial score (nSPS) is 12.7. The van der Waals surface area contributed by atoms with Crippen molar-refractivity contribution >= 4 is 64.5 Å². The Balaban J connectivity index is 2.26. The maximum Gasteiger partial charge on any atom is 0.326 e. The maximum atomic E-state index is 14.0. The van der Waals surface area contributed by atoms with Crippen LogP contribution in [0.5, 0.6) is 5.75 Å². The molecule has 0 spiro atoms. The first-order valence-electron chi connectivity index (χ1n) is 33.6. The number of nitrogens with two attached hydrogens (primary N) is 2. The van der Waals surface area contributed by atoms with Gasteiger partial charge >= 0.3 is 11.9 Å². The van der Waals surface area contributed by atoms with E-state index < -0.39 is 41.9 Å². The molecule has 0 aromatic heterocycles. The fraction of sp³-hybridized carbons (Fsp3) is 0.746. The van der Waals surface area contributed by atoms with Crippen molar-refractivity contribution in [2.24, 2.45) is 23.3 Å². The van der Waals surface area contributed by atoms with Crippen molar-refractivity contribution < 1.29 is 82.2 Å². The number of hydrogen-bond donors (Lipinski definition) is 10. The van der Waals surface area contributed by atoms with Crippen LogP contribution in [-0.4, -0.2) is 189 Å². The quantitative estimate of drug-likeness (QED) is 0.0191. The molecule has 0 aliphatic carbocycles. The van der Waals surface area contributed by atoms with Crippen LogP contribution in [0.15, 0.2) is 24.3 Å². The van der Waals surface area contributed by atoms with E-state index in [0.29, 0.717) is 77.4 Å². The summed E-state index contributed by atoms with van der Waals surface area (Å²) in [6.45, 7) is 5.15. The Labute approximate surface area is 545 Å². The summed E-state index contributed by atoms with van der Waals surface area (Å²) in [5.74, 6) is -4.87. The number of carbonyl (C=O) groups excluding carboxylic acids is 8. The Hall–Kier alpha value is -6.25. The number of amides is 4. The molecule has 0 saturated heterocycles. The van der Waals surface area contributed by atoms with Gasteiger partial charge in [0.15, 0.2) is 17.3 Å². The second-order valence-corrected chi connectivity index (χ2v) is 24.4. The Morgan fingerprint density at radius 1 is 0.533 bits per heavy atom. The minimum atomic E-state index is -1.20. The first-order chi connectivity index (χ1) is 44.1. The number of likely N-dealkylation sites (N-methyl/N-ethyl adjacent to an activating group) is 1. The van der Waals surface area contributed by atoms with E-state index in [1.165, 1.54) is 44.2 Å². The van der Waals surface area contributed by atoms with E-state index in [-0.39, 0.29) is 169 Å². The third kappa shape index (κ3) is 47.6. The van der Waals surface area contributed by atoms with Crippen LogP contribution < -0.4 is 32.7 Å². The molecule has 0 heterocycles. The van der Waals surface area contributed by atoms with Gasteiger partial charge in [0.05, 0.1) is 64.0 Å². The number of aliphatic carboxylic acids is 2. The molecule has 4 atom stereocenters. The summed E-state index contributed by atoms with van der Waals surface area (Å²) in [5, 5.41) is 46.7. The van der Waals surface area contributed by atoms with Gasteiger partial charge in [-0.05, 0) is 94.9 Å². The Bertz CT molecular complexity index is 2290. The van der Waals surface area contributed by atoms with Gasteiger partial charge in [0.1, 0.15) is 30.8 Å². The van der Waals surface area contributed by atoms with Crippen molar-refractivity contribution in [2.45, 2.75) is 225 Å². The van der Waals surface area contributed by atoms with E-state index in [2.05, 4.69) is 21.3 Å². The second kappa shape index (κ2) is 54.2. The van der Waals surface area contributed by atoms with E-state index in [1.54, 1.807) is 24.1 Å². The lowest BCUT2D eigenvalue weighted by Gasteiger charge is -2.29. The standard InChI is InChI=1S/C67H114N8O17/c1-50(2)43-55(78)46-73-56(60(80)47-75(3)58(25-18-19-26-61(68)69)59(79)45-52(66(70)86)44-51-29-31-53(76)32-30-51)24-20-21-35-71-64(83)49-92-42-39-89-37-22-23-54(77)48-91-41-40-90-38-36-72-62(81)34-33-57(67(87)88)74-63(82)27-16-14-12-10-8-6-4-5-7-9-11-13-15-17-28-65(84)85/h29-32,50,52,56-58,73,76H,4-28,33-49H2,1-3H3,(H3,68,69)(H2,70,86)(H,71,83)(H,72,81)(H,74,82)(H,84,85)(H,87,88)/t52-,56+,57+,58+/m1/s1. The monoisotopic (exact) mass is 1300 g/mol. The summed E-state index contributed by atoms with van der Waals surface area (Å²) in [6, 6.07) is 3.66. The Morgan fingerprint density at radius 3 is 1.67 bits per heavy atom. The van der Waals surface area contributed by atoms with E-state index in [4.69, 9.17) is 40.9 Å². The zero-order valence-electron chi connectivity index (χ0n) is 55.6. The summed E-state index contributed by atoms with van der Waals surface area (Å²) in [6.07, 6.45) is 19.5. The molecule has 0 aliphatic rings. The Morgan fingerprint density at radius 2 is 1.09 bits per heavy atom. The molecule has 25 heteroatoms. The number of ketones is 4. The number of phenolic OH excluding ortho intramolecular Hbond substituents is 1. The van der Waals surface area contributed by atoms with Gasteiger partial charge in [0.25, 0.3) is 0 Å². The summed E-state index contributed by atoms with van der Waals surface area (Å²) in [7, 11) is 1.67. The number of nitrogens with zero attached hydrogens (tertiary/aromatic N) is 1. The minimum absolute atomic E-state index is 0.0106. The number of benzene rings is 1. The molecule has 524 valence electrons. The molecule has 0 radical (unpaired) electrons. The van der Waals surface area contributed by atoms with Gasteiger partial charge in [-0.25, -0.2) is 4.79 Å². The molecule has 0 saturated carbocycles. The van der Waals surface area contributed by atoms with Crippen LogP contribution in [0.2, 0.25) is 0 Å². The lowest BCUT2D eigenvalue weighted by molar-refractivity contribution is -0.142.